The minimum Gasteiger partial charge on any atom is -0.264 e. The first-order valence-electron chi connectivity index (χ1n) is 10.3. The van der Waals surface area contributed by atoms with Crippen LogP contribution in [-0.4, -0.2) is 19.6 Å². The highest BCUT2D eigenvalue weighted by atomic mass is 15.2. The highest BCUT2D eigenvalue weighted by Crippen LogP contribution is 2.35. The van der Waals surface area contributed by atoms with E-state index in [2.05, 4.69) is 53.9 Å². The molecule has 1 saturated carbocycles. The number of hydrogen-bond acceptors (Lipinski definition) is 3. The summed E-state index contributed by atoms with van der Waals surface area (Å²) in [6.07, 6.45) is 12.7. The Balaban J connectivity index is 1.51. The molecule has 0 radical (unpaired) electrons. The first-order chi connectivity index (χ1) is 14.2. The number of aromatic nitrogens is 4. The van der Waals surface area contributed by atoms with Crippen LogP contribution in [0.15, 0.2) is 67.8 Å². The Morgan fingerprint density at radius 3 is 2.72 bits per heavy atom. The molecule has 0 spiro atoms. The normalized spacial score (nSPS) is 14.5. The maximum atomic E-state index is 4.93. The third-order valence-electron chi connectivity index (χ3n) is 6.05. The number of hydrogen-bond donors (Lipinski definition) is 0. The number of rotatable bonds is 4. The van der Waals surface area contributed by atoms with Crippen molar-refractivity contribution in [2.24, 2.45) is 0 Å². The molecule has 144 valence electrons. The highest BCUT2D eigenvalue weighted by Gasteiger charge is 2.19. The van der Waals surface area contributed by atoms with E-state index in [4.69, 9.17) is 4.98 Å². The molecule has 29 heavy (non-hydrogen) atoms. The molecular formula is C25H24N4. The van der Waals surface area contributed by atoms with E-state index in [1.807, 2.05) is 29.2 Å². The zero-order valence-corrected chi connectivity index (χ0v) is 16.7. The lowest BCUT2D eigenvalue weighted by Gasteiger charge is -2.14. The lowest BCUT2D eigenvalue weighted by Crippen LogP contribution is -2.01. The summed E-state index contributed by atoms with van der Waals surface area (Å²) in [5.41, 5.74) is 8.66. The summed E-state index contributed by atoms with van der Waals surface area (Å²) >= 11 is 0. The second kappa shape index (κ2) is 7.28. The Bertz CT molecular complexity index is 1180. The SMILES string of the molecule is C=C(c1ccn2ncc(-c3cccnc3)c2c1)c1ccc(C2CCCC2)nc1C. The predicted octanol–water partition coefficient (Wildman–Crippen LogP) is 5.82. The van der Waals surface area contributed by atoms with Crippen LogP contribution >= 0.6 is 0 Å². The summed E-state index contributed by atoms with van der Waals surface area (Å²) in [4.78, 5) is 9.17. The van der Waals surface area contributed by atoms with Crippen LogP contribution in [0.2, 0.25) is 0 Å². The summed E-state index contributed by atoms with van der Waals surface area (Å²) in [5, 5.41) is 4.49. The Labute approximate surface area is 171 Å². The third-order valence-corrected chi connectivity index (χ3v) is 6.05. The van der Waals surface area contributed by atoms with Gasteiger partial charge in [0, 0.05) is 52.6 Å². The topological polar surface area (TPSA) is 43.1 Å². The molecule has 1 aliphatic rings. The van der Waals surface area contributed by atoms with Gasteiger partial charge in [-0.25, -0.2) is 4.52 Å². The van der Waals surface area contributed by atoms with Crippen molar-refractivity contribution in [3.63, 3.8) is 0 Å². The Morgan fingerprint density at radius 2 is 1.97 bits per heavy atom. The van der Waals surface area contributed by atoms with Crippen molar-refractivity contribution in [1.29, 1.82) is 0 Å². The average molecular weight is 380 g/mol. The number of pyridine rings is 3. The zero-order valence-electron chi connectivity index (χ0n) is 16.7. The summed E-state index contributed by atoms with van der Waals surface area (Å²) in [6, 6.07) is 12.6. The van der Waals surface area contributed by atoms with Crippen LogP contribution in [0.25, 0.3) is 22.2 Å². The van der Waals surface area contributed by atoms with Crippen molar-refractivity contribution in [2.75, 3.05) is 0 Å². The molecular weight excluding hydrogens is 356 g/mol. The summed E-state index contributed by atoms with van der Waals surface area (Å²) < 4.78 is 1.90. The van der Waals surface area contributed by atoms with Crippen LogP contribution in [0.4, 0.5) is 0 Å². The van der Waals surface area contributed by atoms with Gasteiger partial charge in [0.25, 0.3) is 0 Å². The number of fused-ring (bicyclic) bond motifs is 1. The van der Waals surface area contributed by atoms with E-state index in [9.17, 15) is 0 Å². The maximum Gasteiger partial charge on any atom is 0.0746 e. The van der Waals surface area contributed by atoms with Gasteiger partial charge < -0.3 is 0 Å². The fourth-order valence-electron chi connectivity index (χ4n) is 4.42. The molecule has 4 nitrogen and oxygen atoms in total. The van der Waals surface area contributed by atoms with E-state index in [0.717, 1.165) is 39.0 Å². The van der Waals surface area contributed by atoms with Gasteiger partial charge in [-0.2, -0.15) is 5.10 Å². The van der Waals surface area contributed by atoms with Crippen LogP contribution in [0.1, 0.15) is 54.1 Å². The third kappa shape index (κ3) is 3.25. The smallest absolute Gasteiger partial charge is 0.0746 e. The van der Waals surface area contributed by atoms with Gasteiger partial charge in [0.1, 0.15) is 0 Å². The fraction of sp³-hybridized carbons (Fsp3) is 0.240. The molecule has 0 bridgehead atoms. The van der Waals surface area contributed by atoms with Crippen LogP contribution in [-0.2, 0) is 0 Å². The van der Waals surface area contributed by atoms with Gasteiger partial charge in [0.15, 0.2) is 0 Å². The minimum absolute atomic E-state index is 0.626. The molecule has 1 aliphatic carbocycles. The summed E-state index contributed by atoms with van der Waals surface area (Å²) in [5.74, 6) is 0.626. The van der Waals surface area contributed by atoms with E-state index in [-0.39, 0.29) is 0 Å². The van der Waals surface area contributed by atoms with Gasteiger partial charge in [-0.05, 0) is 55.2 Å². The maximum absolute atomic E-state index is 4.93. The first-order valence-corrected chi connectivity index (χ1v) is 10.3. The van der Waals surface area contributed by atoms with Crippen LogP contribution in [0.3, 0.4) is 0 Å². The molecule has 1 fully saturated rings. The second-order valence-electron chi connectivity index (χ2n) is 7.87. The van der Waals surface area contributed by atoms with E-state index in [1.165, 1.54) is 31.4 Å². The standard InChI is InChI=1S/C25H24N4/c1-17(22-9-10-24(28-18(22)2)19-6-3-4-7-19)20-11-13-29-25(14-20)23(16-27-29)21-8-5-12-26-15-21/h5,8-16,19H,1,3-4,6-7H2,2H3. The Kier molecular flexibility index (Phi) is 4.47. The van der Waals surface area contributed by atoms with Crippen LogP contribution < -0.4 is 0 Å². The van der Waals surface area contributed by atoms with E-state index < -0.39 is 0 Å². The first kappa shape index (κ1) is 17.8. The lowest BCUT2D eigenvalue weighted by molar-refractivity contribution is 0.694. The molecule has 0 amide bonds. The van der Waals surface area contributed by atoms with E-state index in [1.54, 1.807) is 6.20 Å². The van der Waals surface area contributed by atoms with Gasteiger partial charge in [-0.15, -0.1) is 0 Å². The fourth-order valence-corrected chi connectivity index (χ4v) is 4.42. The second-order valence-corrected chi connectivity index (χ2v) is 7.87. The van der Waals surface area contributed by atoms with Gasteiger partial charge in [-0.1, -0.05) is 31.6 Å². The van der Waals surface area contributed by atoms with Crippen LogP contribution in [0, 0.1) is 6.92 Å². The minimum atomic E-state index is 0.626. The van der Waals surface area contributed by atoms with Crippen molar-refractivity contribution in [3.05, 3.63) is 90.3 Å². The molecule has 0 saturated heterocycles. The van der Waals surface area contributed by atoms with E-state index in [0.29, 0.717) is 5.92 Å². The summed E-state index contributed by atoms with van der Waals surface area (Å²) in [6.45, 7) is 6.49. The predicted molar refractivity (Wildman–Crippen MR) is 117 cm³/mol. The molecule has 0 aromatic carbocycles. The molecule has 0 unspecified atom stereocenters. The summed E-state index contributed by atoms with van der Waals surface area (Å²) in [7, 11) is 0. The Hall–Kier alpha value is -3.27. The van der Waals surface area contributed by atoms with Crippen molar-refractivity contribution in [2.45, 2.75) is 38.5 Å². The van der Waals surface area contributed by atoms with Crippen molar-refractivity contribution >= 4 is 11.1 Å². The van der Waals surface area contributed by atoms with Gasteiger partial charge in [0.2, 0.25) is 0 Å². The molecule has 5 rings (SSSR count). The monoisotopic (exact) mass is 380 g/mol. The number of nitrogens with zero attached hydrogens (tertiary/aromatic N) is 4. The van der Waals surface area contributed by atoms with E-state index >= 15 is 0 Å². The van der Waals surface area contributed by atoms with Crippen LogP contribution in [0.5, 0.6) is 0 Å². The molecule has 0 aliphatic heterocycles. The lowest BCUT2D eigenvalue weighted by atomic mass is 9.96. The van der Waals surface area contributed by atoms with Gasteiger partial charge in [0.05, 0.1) is 11.7 Å². The molecule has 0 atom stereocenters. The average Bonchev–Trinajstić information content (AvgIpc) is 3.43. The molecule has 4 aromatic heterocycles. The van der Waals surface area contributed by atoms with Gasteiger partial charge >= 0.3 is 0 Å². The largest absolute Gasteiger partial charge is 0.264 e. The molecule has 4 heterocycles. The quantitative estimate of drug-likeness (QED) is 0.448. The number of aryl methyl sites for hydroxylation is 1. The van der Waals surface area contributed by atoms with Crippen molar-refractivity contribution < 1.29 is 0 Å². The highest BCUT2D eigenvalue weighted by molar-refractivity contribution is 5.85. The molecule has 4 heteroatoms. The van der Waals surface area contributed by atoms with Gasteiger partial charge in [-0.3, -0.25) is 9.97 Å². The molecule has 4 aromatic rings. The molecule has 0 N–H and O–H groups in total. The Morgan fingerprint density at radius 1 is 1.10 bits per heavy atom. The van der Waals surface area contributed by atoms with Crippen molar-refractivity contribution in [1.82, 2.24) is 19.6 Å². The van der Waals surface area contributed by atoms with Crippen molar-refractivity contribution in [3.8, 4) is 11.1 Å². The zero-order chi connectivity index (χ0) is 19.8.